The highest BCUT2D eigenvalue weighted by atomic mass is 16.6. The van der Waals surface area contributed by atoms with Gasteiger partial charge in [0, 0.05) is 18.7 Å². The third kappa shape index (κ3) is 3.46. The summed E-state index contributed by atoms with van der Waals surface area (Å²) in [5.41, 5.74) is -0.0405. The number of carbonyl (C=O) groups is 1. The Morgan fingerprint density at radius 3 is 3.00 bits per heavy atom. The van der Waals surface area contributed by atoms with E-state index in [1.807, 2.05) is 11.8 Å². The van der Waals surface area contributed by atoms with Crippen LogP contribution < -0.4 is 4.74 Å². The number of non-ortho nitro benzene ring substituents is 1. The second kappa shape index (κ2) is 6.36. The predicted molar refractivity (Wildman–Crippen MR) is 73.6 cm³/mol. The van der Waals surface area contributed by atoms with Gasteiger partial charge in [0.1, 0.15) is 5.75 Å². The number of rotatable bonds is 4. The molecule has 0 N–H and O–H groups in total. The third-order valence-electron chi connectivity index (χ3n) is 3.51. The third-order valence-corrected chi connectivity index (χ3v) is 3.51. The largest absolute Gasteiger partial charge is 0.484 e. The van der Waals surface area contributed by atoms with E-state index in [9.17, 15) is 14.9 Å². The molecule has 0 spiro atoms. The fourth-order valence-electron chi connectivity index (χ4n) is 2.38. The van der Waals surface area contributed by atoms with Gasteiger partial charge >= 0.3 is 0 Å². The lowest BCUT2D eigenvalue weighted by atomic mass is 10.0. The molecule has 1 aliphatic heterocycles. The minimum absolute atomic E-state index is 0.0405. The number of piperidine rings is 1. The number of amides is 1. The van der Waals surface area contributed by atoms with Crippen LogP contribution in [0.5, 0.6) is 5.75 Å². The second-order valence-corrected chi connectivity index (χ2v) is 4.98. The molecule has 20 heavy (non-hydrogen) atoms. The summed E-state index contributed by atoms with van der Waals surface area (Å²) < 4.78 is 5.36. The van der Waals surface area contributed by atoms with Gasteiger partial charge < -0.3 is 9.64 Å². The molecule has 2 rings (SSSR count). The first-order chi connectivity index (χ1) is 9.58. The quantitative estimate of drug-likeness (QED) is 0.626. The van der Waals surface area contributed by atoms with E-state index in [0.717, 1.165) is 25.8 Å². The van der Waals surface area contributed by atoms with Crippen LogP contribution in [0.25, 0.3) is 0 Å². The number of likely N-dealkylation sites (tertiary alicyclic amines) is 1. The molecule has 0 bridgehead atoms. The standard InChI is InChI=1S/C14H18N2O4/c1-11-5-2-3-8-15(11)14(17)10-20-13-7-4-6-12(9-13)16(18)19/h4,6-7,9,11H,2-3,5,8,10H2,1H3. The van der Waals surface area contributed by atoms with Gasteiger partial charge in [-0.1, -0.05) is 6.07 Å². The van der Waals surface area contributed by atoms with Crippen molar-refractivity contribution in [2.75, 3.05) is 13.2 Å². The molecule has 6 nitrogen and oxygen atoms in total. The number of benzene rings is 1. The van der Waals surface area contributed by atoms with Gasteiger partial charge in [0.05, 0.1) is 11.0 Å². The van der Waals surface area contributed by atoms with Gasteiger partial charge in [0.2, 0.25) is 0 Å². The fraction of sp³-hybridized carbons (Fsp3) is 0.500. The average molecular weight is 278 g/mol. The van der Waals surface area contributed by atoms with Gasteiger partial charge in [0.25, 0.3) is 11.6 Å². The topological polar surface area (TPSA) is 72.7 Å². The molecular weight excluding hydrogens is 260 g/mol. The molecule has 108 valence electrons. The Hall–Kier alpha value is -2.11. The van der Waals surface area contributed by atoms with Gasteiger partial charge in [-0.2, -0.15) is 0 Å². The number of carbonyl (C=O) groups excluding carboxylic acids is 1. The van der Waals surface area contributed by atoms with Crippen LogP contribution in [0.15, 0.2) is 24.3 Å². The van der Waals surface area contributed by atoms with E-state index in [4.69, 9.17) is 4.74 Å². The lowest BCUT2D eigenvalue weighted by Gasteiger charge is -2.33. The Labute approximate surface area is 117 Å². The highest BCUT2D eigenvalue weighted by Crippen LogP contribution is 2.20. The SMILES string of the molecule is CC1CCCCN1C(=O)COc1cccc([N+](=O)[O-])c1. The Bertz CT molecular complexity index is 504. The minimum atomic E-state index is -0.485. The molecule has 1 fully saturated rings. The molecule has 0 aromatic heterocycles. The van der Waals surface area contributed by atoms with Crippen molar-refractivity contribution < 1.29 is 14.5 Å². The van der Waals surface area contributed by atoms with Crippen LogP contribution in [0, 0.1) is 10.1 Å². The van der Waals surface area contributed by atoms with Crippen molar-refractivity contribution in [2.45, 2.75) is 32.2 Å². The van der Waals surface area contributed by atoms with Gasteiger partial charge in [-0.15, -0.1) is 0 Å². The number of nitrogens with zero attached hydrogens (tertiary/aromatic N) is 2. The Morgan fingerprint density at radius 2 is 2.30 bits per heavy atom. The summed E-state index contributed by atoms with van der Waals surface area (Å²) in [5.74, 6) is 0.279. The van der Waals surface area contributed by atoms with E-state index >= 15 is 0 Å². The maximum atomic E-state index is 12.1. The molecule has 1 saturated heterocycles. The van der Waals surface area contributed by atoms with E-state index in [-0.39, 0.29) is 24.2 Å². The highest BCUT2D eigenvalue weighted by Gasteiger charge is 2.23. The number of nitro groups is 1. The van der Waals surface area contributed by atoms with Crippen LogP contribution in [0.2, 0.25) is 0 Å². The molecule has 0 saturated carbocycles. The van der Waals surface area contributed by atoms with Crippen LogP contribution in [-0.4, -0.2) is 34.9 Å². The van der Waals surface area contributed by atoms with Crippen molar-refractivity contribution >= 4 is 11.6 Å². The van der Waals surface area contributed by atoms with E-state index in [1.165, 1.54) is 12.1 Å². The van der Waals surface area contributed by atoms with Crippen LogP contribution >= 0.6 is 0 Å². The number of nitro benzene ring substituents is 1. The minimum Gasteiger partial charge on any atom is -0.484 e. The maximum absolute atomic E-state index is 12.1. The summed E-state index contributed by atoms with van der Waals surface area (Å²) >= 11 is 0. The van der Waals surface area contributed by atoms with Crippen molar-refractivity contribution in [3.05, 3.63) is 34.4 Å². The second-order valence-electron chi connectivity index (χ2n) is 4.98. The van der Waals surface area contributed by atoms with Gasteiger partial charge in [-0.05, 0) is 32.3 Å². The molecular formula is C14H18N2O4. The first-order valence-electron chi connectivity index (χ1n) is 6.74. The molecule has 1 amide bonds. The zero-order valence-electron chi connectivity index (χ0n) is 11.4. The monoisotopic (exact) mass is 278 g/mol. The van der Waals surface area contributed by atoms with Crippen molar-refractivity contribution in [3.8, 4) is 5.75 Å². The fourth-order valence-corrected chi connectivity index (χ4v) is 2.38. The lowest BCUT2D eigenvalue weighted by Crippen LogP contribution is -2.44. The maximum Gasteiger partial charge on any atom is 0.273 e. The molecule has 1 aromatic rings. The van der Waals surface area contributed by atoms with Crippen molar-refractivity contribution in [2.24, 2.45) is 0 Å². The normalized spacial score (nSPS) is 18.6. The number of ether oxygens (including phenoxy) is 1. The summed E-state index contributed by atoms with van der Waals surface area (Å²) in [5, 5.41) is 10.7. The van der Waals surface area contributed by atoms with Crippen LogP contribution in [0.3, 0.4) is 0 Å². The first kappa shape index (κ1) is 14.3. The first-order valence-corrected chi connectivity index (χ1v) is 6.74. The van der Waals surface area contributed by atoms with Gasteiger partial charge in [-0.3, -0.25) is 14.9 Å². The summed E-state index contributed by atoms with van der Waals surface area (Å²) in [7, 11) is 0. The van der Waals surface area contributed by atoms with Crippen molar-refractivity contribution in [1.82, 2.24) is 4.90 Å². The van der Waals surface area contributed by atoms with E-state index in [1.54, 1.807) is 12.1 Å². The molecule has 1 aliphatic rings. The molecule has 0 radical (unpaired) electrons. The average Bonchev–Trinajstić information content (AvgIpc) is 2.45. The van der Waals surface area contributed by atoms with Crippen molar-refractivity contribution in [3.63, 3.8) is 0 Å². The zero-order chi connectivity index (χ0) is 14.5. The Balaban J connectivity index is 1.92. The number of hydrogen-bond acceptors (Lipinski definition) is 4. The molecule has 1 heterocycles. The Kier molecular flexibility index (Phi) is 4.55. The van der Waals surface area contributed by atoms with E-state index in [0.29, 0.717) is 5.75 Å². The smallest absolute Gasteiger partial charge is 0.273 e. The summed E-state index contributed by atoms with van der Waals surface area (Å²) in [6, 6.07) is 6.11. The Morgan fingerprint density at radius 1 is 1.50 bits per heavy atom. The van der Waals surface area contributed by atoms with Gasteiger partial charge in [0.15, 0.2) is 6.61 Å². The molecule has 6 heteroatoms. The number of hydrogen-bond donors (Lipinski definition) is 0. The molecule has 1 atom stereocenters. The summed E-state index contributed by atoms with van der Waals surface area (Å²) in [6.45, 7) is 2.72. The predicted octanol–water partition coefficient (Wildman–Crippen LogP) is 2.37. The highest BCUT2D eigenvalue weighted by molar-refractivity contribution is 5.78. The molecule has 1 aromatic carbocycles. The van der Waals surface area contributed by atoms with E-state index < -0.39 is 4.92 Å². The lowest BCUT2D eigenvalue weighted by molar-refractivity contribution is -0.384. The van der Waals surface area contributed by atoms with Gasteiger partial charge in [-0.25, -0.2) is 0 Å². The molecule has 1 unspecified atom stereocenters. The van der Waals surface area contributed by atoms with Crippen molar-refractivity contribution in [1.29, 1.82) is 0 Å². The summed E-state index contributed by atoms with van der Waals surface area (Å²) in [6.07, 6.45) is 3.19. The zero-order valence-corrected chi connectivity index (χ0v) is 11.4. The van der Waals surface area contributed by atoms with Crippen LogP contribution in [-0.2, 0) is 4.79 Å². The van der Waals surface area contributed by atoms with E-state index in [2.05, 4.69) is 0 Å². The molecule has 0 aliphatic carbocycles. The summed E-state index contributed by atoms with van der Waals surface area (Å²) in [4.78, 5) is 24.1. The van der Waals surface area contributed by atoms with Crippen LogP contribution in [0.1, 0.15) is 26.2 Å². The van der Waals surface area contributed by atoms with Crippen LogP contribution in [0.4, 0.5) is 5.69 Å².